The van der Waals surface area contributed by atoms with E-state index in [2.05, 4.69) is 60.7 Å². The molecule has 0 spiro atoms. The molecule has 0 aliphatic carbocycles. The first-order chi connectivity index (χ1) is 17.2. The van der Waals surface area contributed by atoms with E-state index in [1.807, 2.05) is 0 Å². The third kappa shape index (κ3) is 4.25. The Labute approximate surface area is 204 Å². The fourth-order valence-electron chi connectivity index (χ4n) is 5.24. The molecular weight excluding hydrogens is 440 g/mol. The average Bonchev–Trinajstić information content (AvgIpc) is 3.74. The minimum atomic E-state index is 0.178. The highest BCUT2D eigenvalue weighted by Gasteiger charge is 2.32. The van der Waals surface area contributed by atoms with E-state index in [-0.39, 0.29) is 18.3 Å². The van der Waals surface area contributed by atoms with Crippen LogP contribution in [-0.4, -0.2) is 49.8 Å². The Morgan fingerprint density at radius 2 is 1.26 bits per heavy atom. The molecule has 0 saturated carbocycles. The number of benzene rings is 4. The molecule has 3 aliphatic rings. The van der Waals surface area contributed by atoms with Gasteiger partial charge < -0.3 is 24.1 Å². The summed E-state index contributed by atoms with van der Waals surface area (Å²) in [5.74, 6) is 1.24. The zero-order valence-electron chi connectivity index (χ0n) is 19.5. The first-order valence-electron chi connectivity index (χ1n) is 12.5. The van der Waals surface area contributed by atoms with Crippen molar-refractivity contribution < 1.29 is 24.1 Å². The maximum atomic E-state index is 11.8. The average molecular weight is 469 g/mol. The molecule has 5 nitrogen and oxygen atoms in total. The van der Waals surface area contributed by atoms with Crippen LogP contribution in [0.1, 0.15) is 22.3 Å². The molecule has 3 unspecified atom stereocenters. The number of rotatable bonds is 9. The van der Waals surface area contributed by atoms with Gasteiger partial charge in [-0.15, -0.1) is 0 Å². The molecule has 0 bridgehead atoms. The first-order valence-corrected chi connectivity index (χ1v) is 12.5. The normalized spacial score (nSPS) is 22.5. The Morgan fingerprint density at radius 3 is 1.94 bits per heavy atom. The molecule has 35 heavy (non-hydrogen) atoms. The summed E-state index contributed by atoms with van der Waals surface area (Å²) in [6.07, 6.45) is 2.73. The van der Waals surface area contributed by atoms with E-state index in [4.69, 9.17) is 18.9 Å². The summed E-state index contributed by atoms with van der Waals surface area (Å²) < 4.78 is 22.8. The van der Waals surface area contributed by atoms with Crippen LogP contribution in [0.25, 0.3) is 21.5 Å². The number of phenols is 1. The smallest absolute Gasteiger partial charge is 0.123 e. The summed E-state index contributed by atoms with van der Waals surface area (Å²) in [7, 11) is 0. The van der Waals surface area contributed by atoms with Gasteiger partial charge in [-0.1, -0.05) is 54.6 Å². The monoisotopic (exact) mass is 468 g/mol. The van der Waals surface area contributed by atoms with E-state index >= 15 is 0 Å². The van der Waals surface area contributed by atoms with E-state index in [0.29, 0.717) is 18.8 Å². The van der Waals surface area contributed by atoms with Crippen LogP contribution in [0.3, 0.4) is 0 Å². The van der Waals surface area contributed by atoms with E-state index < -0.39 is 0 Å². The highest BCUT2D eigenvalue weighted by atomic mass is 16.6. The minimum Gasteiger partial charge on any atom is -0.507 e. The van der Waals surface area contributed by atoms with Crippen molar-refractivity contribution >= 4 is 21.5 Å². The lowest BCUT2D eigenvalue weighted by Gasteiger charge is -2.21. The predicted molar refractivity (Wildman–Crippen MR) is 134 cm³/mol. The highest BCUT2D eigenvalue weighted by Crippen LogP contribution is 2.42. The molecule has 0 amide bonds. The fraction of sp³-hybridized carbons (Fsp3) is 0.333. The van der Waals surface area contributed by atoms with Crippen molar-refractivity contribution in [3.63, 3.8) is 0 Å². The summed E-state index contributed by atoms with van der Waals surface area (Å²) in [5, 5.41) is 16.4. The van der Waals surface area contributed by atoms with Gasteiger partial charge in [0.1, 0.15) is 24.2 Å². The molecule has 3 heterocycles. The lowest BCUT2D eigenvalue weighted by molar-refractivity contribution is 0.261. The van der Waals surface area contributed by atoms with E-state index in [0.717, 1.165) is 71.3 Å². The molecule has 7 rings (SSSR count). The second kappa shape index (κ2) is 8.52. The predicted octanol–water partition coefficient (Wildman–Crippen LogP) is 4.95. The van der Waals surface area contributed by atoms with Crippen LogP contribution in [0.5, 0.6) is 11.5 Å². The number of aromatic hydroxyl groups is 1. The quantitative estimate of drug-likeness (QED) is 0.352. The topological polar surface area (TPSA) is 67.0 Å². The van der Waals surface area contributed by atoms with Crippen LogP contribution in [0.15, 0.2) is 60.7 Å². The zero-order valence-corrected chi connectivity index (χ0v) is 19.5. The molecule has 4 aromatic rings. The van der Waals surface area contributed by atoms with Gasteiger partial charge >= 0.3 is 0 Å². The van der Waals surface area contributed by atoms with Crippen molar-refractivity contribution in [2.45, 2.75) is 37.6 Å². The third-order valence-electron chi connectivity index (χ3n) is 7.36. The van der Waals surface area contributed by atoms with Gasteiger partial charge in [-0.2, -0.15) is 0 Å². The van der Waals surface area contributed by atoms with Gasteiger partial charge in [0.05, 0.1) is 32.0 Å². The second-order valence-corrected chi connectivity index (χ2v) is 9.86. The van der Waals surface area contributed by atoms with Crippen LogP contribution in [0.4, 0.5) is 0 Å². The zero-order chi connectivity index (χ0) is 23.4. The van der Waals surface area contributed by atoms with Gasteiger partial charge in [0.2, 0.25) is 0 Å². The van der Waals surface area contributed by atoms with Gasteiger partial charge in [-0.25, -0.2) is 0 Å². The number of ether oxygens (including phenoxy) is 4. The lowest BCUT2D eigenvalue weighted by atomic mass is 9.86. The van der Waals surface area contributed by atoms with Crippen LogP contribution in [0, 0.1) is 0 Å². The standard InChI is InChI=1S/C30H28O5/c31-30-27(12-20-15-33-20)25(11-19-14-32-19)23-7-3-4-8-24(23)28(30)13-26-22-6-2-1-5-18(22)9-10-29(26)35-17-21-16-34-21/h1-10,19-21,31H,11-17H2. The minimum absolute atomic E-state index is 0.178. The van der Waals surface area contributed by atoms with Crippen molar-refractivity contribution in [3.05, 3.63) is 82.9 Å². The van der Waals surface area contributed by atoms with E-state index in [1.165, 1.54) is 10.9 Å². The molecule has 3 atom stereocenters. The van der Waals surface area contributed by atoms with Gasteiger partial charge in [0.25, 0.3) is 0 Å². The Balaban J connectivity index is 1.39. The Morgan fingerprint density at radius 1 is 0.657 bits per heavy atom. The lowest BCUT2D eigenvalue weighted by Crippen LogP contribution is -2.09. The van der Waals surface area contributed by atoms with Gasteiger partial charge in [-0.05, 0) is 33.2 Å². The molecule has 1 N–H and O–H groups in total. The molecule has 3 aliphatic heterocycles. The third-order valence-corrected chi connectivity index (χ3v) is 7.36. The fourth-order valence-corrected chi connectivity index (χ4v) is 5.24. The number of phenolic OH excluding ortho intramolecular Hbond substituents is 1. The molecule has 3 saturated heterocycles. The number of hydrogen-bond donors (Lipinski definition) is 1. The molecule has 178 valence electrons. The van der Waals surface area contributed by atoms with Crippen molar-refractivity contribution in [2.75, 3.05) is 26.4 Å². The summed E-state index contributed by atoms with van der Waals surface area (Å²) in [4.78, 5) is 0. The van der Waals surface area contributed by atoms with E-state index in [1.54, 1.807) is 0 Å². The molecular formula is C30H28O5. The van der Waals surface area contributed by atoms with Crippen molar-refractivity contribution in [1.29, 1.82) is 0 Å². The van der Waals surface area contributed by atoms with Gasteiger partial charge in [0.15, 0.2) is 0 Å². The number of hydrogen-bond acceptors (Lipinski definition) is 5. The van der Waals surface area contributed by atoms with Crippen LogP contribution >= 0.6 is 0 Å². The van der Waals surface area contributed by atoms with Crippen molar-refractivity contribution in [3.8, 4) is 11.5 Å². The van der Waals surface area contributed by atoms with Crippen LogP contribution < -0.4 is 4.74 Å². The van der Waals surface area contributed by atoms with Gasteiger partial charge in [0, 0.05) is 36.0 Å². The number of fused-ring (bicyclic) bond motifs is 2. The summed E-state index contributed by atoms with van der Waals surface area (Å²) in [5.41, 5.74) is 4.24. The maximum absolute atomic E-state index is 11.8. The number of epoxide rings is 3. The molecule has 0 radical (unpaired) electrons. The summed E-state index contributed by atoms with van der Waals surface area (Å²) in [6.45, 7) is 2.85. The van der Waals surface area contributed by atoms with Crippen molar-refractivity contribution in [2.24, 2.45) is 0 Å². The Kier molecular flexibility index (Phi) is 5.16. The SMILES string of the molecule is Oc1c(CC2CO2)c(CC2CO2)c2ccccc2c1Cc1c(OCC2CO2)ccc2ccccc12. The summed E-state index contributed by atoms with van der Waals surface area (Å²) in [6, 6.07) is 21.0. The molecule has 5 heteroatoms. The maximum Gasteiger partial charge on any atom is 0.123 e. The van der Waals surface area contributed by atoms with Crippen LogP contribution in [-0.2, 0) is 33.5 Å². The first kappa shape index (κ1) is 21.2. The highest BCUT2D eigenvalue weighted by molar-refractivity contribution is 5.94. The second-order valence-electron chi connectivity index (χ2n) is 9.86. The van der Waals surface area contributed by atoms with E-state index in [9.17, 15) is 5.11 Å². The molecule has 4 aromatic carbocycles. The molecule has 3 fully saturated rings. The van der Waals surface area contributed by atoms with Gasteiger partial charge in [-0.3, -0.25) is 0 Å². The van der Waals surface area contributed by atoms with Crippen molar-refractivity contribution in [1.82, 2.24) is 0 Å². The molecule has 0 aromatic heterocycles. The van der Waals surface area contributed by atoms with Crippen LogP contribution in [0.2, 0.25) is 0 Å². The Hall–Kier alpha value is -3.12. The summed E-state index contributed by atoms with van der Waals surface area (Å²) >= 11 is 0. The largest absolute Gasteiger partial charge is 0.507 e. The Bertz CT molecular complexity index is 1420.